The van der Waals surface area contributed by atoms with Crippen LogP contribution >= 0.6 is 12.6 Å². The van der Waals surface area contributed by atoms with Gasteiger partial charge in [-0.2, -0.15) is 0 Å². The fraction of sp³-hybridized carbons (Fsp3) is 0.188. The van der Waals surface area contributed by atoms with E-state index >= 15 is 0 Å². The van der Waals surface area contributed by atoms with Gasteiger partial charge >= 0.3 is 0 Å². The summed E-state index contributed by atoms with van der Waals surface area (Å²) in [5.41, 5.74) is 1.32. The predicted octanol–water partition coefficient (Wildman–Crippen LogP) is 4.01. The number of benzene rings is 2. The van der Waals surface area contributed by atoms with Crippen LogP contribution in [-0.4, -0.2) is 12.0 Å². The molecule has 0 bridgehead atoms. The lowest BCUT2D eigenvalue weighted by molar-refractivity contribution is 0.102. The Hall–Kier alpha value is -1.94. The van der Waals surface area contributed by atoms with Crippen molar-refractivity contribution in [2.24, 2.45) is 0 Å². The van der Waals surface area contributed by atoms with E-state index in [1.165, 1.54) is 0 Å². The van der Waals surface area contributed by atoms with E-state index in [1.807, 2.05) is 44.2 Å². The number of carbonyl (C=O) groups is 1. The van der Waals surface area contributed by atoms with Crippen LogP contribution < -0.4 is 10.1 Å². The normalized spacial score (nSPS) is 10.4. The Morgan fingerprint density at radius 3 is 2.45 bits per heavy atom. The molecule has 2 rings (SSSR count). The van der Waals surface area contributed by atoms with E-state index < -0.39 is 0 Å². The van der Waals surface area contributed by atoms with Crippen LogP contribution in [0.5, 0.6) is 5.75 Å². The summed E-state index contributed by atoms with van der Waals surface area (Å²) in [4.78, 5) is 12.8. The van der Waals surface area contributed by atoms with Crippen LogP contribution in [0.2, 0.25) is 0 Å². The molecule has 0 atom stereocenters. The number of thiol groups is 1. The van der Waals surface area contributed by atoms with Crippen molar-refractivity contribution in [2.75, 3.05) is 5.32 Å². The zero-order valence-corrected chi connectivity index (χ0v) is 12.4. The molecule has 4 heteroatoms. The second kappa shape index (κ2) is 6.48. The number of amides is 1. The van der Waals surface area contributed by atoms with Gasteiger partial charge in [-0.3, -0.25) is 4.79 Å². The molecular formula is C16H17NO2S. The number of carbonyl (C=O) groups excluding carboxylic acids is 1. The Morgan fingerprint density at radius 1 is 1.15 bits per heavy atom. The van der Waals surface area contributed by atoms with Gasteiger partial charge in [0, 0.05) is 16.1 Å². The van der Waals surface area contributed by atoms with Crippen molar-refractivity contribution in [3.8, 4) is 5.75 Å². The van der Waals surface area contributed by atoms with Gasteiger partial charge in [-0.15, -0.1) is 12.6 Å². The van der Waals surface area contributed by atoms with Crippen LogP contribution in [0.3, 0.4) is 0 Å². The summed E-state index contributed by atoms with van der Waals surface area (Å²) in [5.74, 6) is 0.633. The van der Waals surface area contributed by atoms with E-state index in [-0.39, 0.29) is 12.0 Å². The number of hydrogen-bond donors (Lipinski definition) is 2. The smallest absolute Gasteiger partial charge is 0.255 e. The third kappa shape index (κ3) is 4.03. The lowest BCUT2D eigenvalue weighted by atomic mass is 10.2. The van der Waals surface area contributed by atoms with E-state index in [2.05, 4.69) is 17.9 Å². The first-order valence-electron chi connectivity index (χ1n) is 6.41. The highest BCUT2D eigenvalue weighted by molar-refractivity contribution is 7.80. The van der Waals surface area contributed by atoms with E-state index in [0.29, 0.717) is 5.56 Å². The van der Waals surface area contributed by atoms with Gasteiger partial charge in [0.05, 0.1) is 6.10 Å². The second-order valence-electron chi connectivity index (χ2n) is 4.70. The number of hydrogen-bond acceptors (Lipinski definition) is 3. The molecular weight excluding hydrogens is 270 g/mol. The van der Waals surface area contributed by atoms with Crippen LogP contribution in [0.4, 0.5) is 5.69 Å². The van der Waals surface area contributed by atoms with E-state index in [1.54, 1.807) is 18.2 Å². The first-order valence-corrected chi connectivity index (χ1v) is 6.86. The van der Waals surface area contributed by atoms with Gasteiger partial charge in [0.25, 0.3) is 5.91 Å². The molecule has 0 fully saturated rings. The highest BCUT2D eigenvalue weighted by Gasteiger charge is 2.06. The summed E-state index contributed by atoms with van der Waals surface area (Å²) in [6.07, 6.45) is 0.133. The van der Waals surface area contributed by atoms with E-state index in [0.717, 1.165) is 16.3 Å². The molecule has 2 aromatic rings. The Kier molecular flexibility index (Phi) is 4.69. The fourth-order valence-corrected chi connectivity index (χ4v) is 1.96. The molecule has 0 unspecified atom stereocenters. The van der Waals surface area contributed by atoms with Crippen molar-refractivity contribution in [3.05, 3.63) is 54.1 Å². The van der Waals surface area contributed by atoms with Crippen LogP contribution in [-0.2, 0) is 0 Å². The molecule has 20 heavy (non-hydrogen) atoms. The molecule has 3 nitrogen and oxygen atoms in total. The summed E-state index contributed by atoms with van der Waals surface area (Å²) >= 11 is 4.22. The van der Waals surface area contributed by atoms with E-state index in [9.17, 15) is 4.79 Å². The third-order valence-electron chi connectivity index (χ3n) is 2.59. The second-order valence-corrected chi connectivity index (χ2v) is 5.21. The molecule has 0 heterocycles. The van der Waals surface area contributed by atoms with Gasteiger partial charge in [0.15, 0.2) is 0 Å². The van der Waals surface area contributed by atoms with Crippen LogP contribution in [0.15, 0.2) is 53.4 Å². The average Bonchev–Trinajstić information content (AvgIpc) is 2.40. The molecule has 1 N–H and O–H groups in total. The monoisotopic (exact) mass is 287 g/mol. The maximum Gasteiger partial charge on any atom is 0.255 e. The Bertz CT molecular complexity index is 594. The molecule has 0 aliphatic heterocycles. The molecule has 0 saturated heterocycles. The third-order valence-corrected chi connectivity index (χ3v) is 2.87. The summed E-state index contributed by atoms with van der Waals surface area (Å²) in [6.45, 7) is 3.94. The van der Waals surface area contributed by atoms with Crippen molar-refractivity contribution in [3.63, 3.8) is 0 Å². The average molecular weight is 287 g/mol. The predicted molar refractivity (Wildman–Crippen MR) is 83.9 cm³/mol. The molecule has 0 spiro atoms. The lowest BCUT2D eigenvalue weighted by Crippen LogP contribution is -2.12. The largest absolute Gasteiger partial charge is 0.491 e. The molecule has 0 radical (unpaired) electrons. The first-order chi connectivity index (χ1) is 9.54. The van der Waals surface area contributed by atoms with Crippen molar-refractivity contribution < 1.29 is 9.53 Å². The van der Waals surface area contributed by atoms with E-state index in [4.69, 9.17) is 4.74 Å². The molecule has 0 aliphatic carbocycles. The fourth-order valence-electron chi connectivity index (χ4n) is 1.74. The van der Waals surface area contributed by atoms with Gasteiger partial charge in [0.1, 0.15) is 5.75 Å². The lowest BCUT2D eigenvalue weighted by Gasteiger charge is -2.10. The summed E-state index contributed by atoms with van der Waals surface area (Å²) in [7, 11) is 0. The number of anilines is 1. The molecule has 0 aliphatic rings. The zero-order chi connectivity index (χ0) is 14.5. The van der Waals surface area contributed by atoms with Crippen molar-refractivity contribution in [1.29, 1.82) is 0 Å². The van der Waals surface area contributed by atoms with Gasteiger partial charge in [0.2, 0.25) is 0 Å². The minimum atomic E-state index is -0.154. The highest BCUT2D eigenvalue weighted by atomic mass is 32.1. The Morgan fingerprint density at radius 2 is 1.85 bits per heavy atom. The molecule has 1 amide bonds. The highest BCUT2D eigenvalue weighted by Crippen LogP contribution is 2.18. The topological polar surface area (TPSA) is 38.3 Å². The Balaban J connectivity index is 2.04. The quantitative estimate of drug-likeness (QED) is 0.834. The SMILES string of the molecule is CC(C)Oc1ccc(NC(=O)c2cccc(S)c2)cc1. The van der Waals surface area contributed by atoms with Gasteiger partial charge < -0.3 is 10.1 Å². The number of nitrogens with one attached hydrogen (secondary N) is 1. The molecule has 104 valence electrons. The van der Waals surface area contributed by atoms with Gasteiger partial charge in [-0.05, 0) is 56.3 Å². The standard InChI is InChI=1S/C16H17NO2S/c1-11(2)19-14-8-6-13(7-9-14)17-16(18)12-4-3-5-15(20)10-12/h3-11,20H,1-2H3,(H,17,18). The summed E-state index contributed by atoms with van der Waals surface area (Å²) < 4.78 is 5.55. The van der Waals surface area contributed by atoms with Crippen LogP contribution in [0, 0.1) is 0 Å². The van der Waals surface area contributed by atoms with Crippen LogP contribution in [0.25, 0.3) is 0 Å². The maximum atomic E-state index is 12.1. The van der Waals surface area contributed by atoms with Gasteiger partial charge in [-0.25, -0.2) is 0 Å². The zero-order valence-electron chi connectivity index (χ0n) is 11.5. The minimum absolute atomic E-state index is 0.133. The molecule has 0 saturated carbocycles. The van der Waals surface area contributed by atoms with Crippen molar-refractivity contribution >= 4 is 24.2 Å². The van der Waals surface area contributed by atoms with Crippen molar-refractivity contribution in [1.82, 2.24) is 0 Å². The van der Waals surface area contributed by atoms with Crippen molar-refractivity contribution in [2.45, 2.75) is 24.8 Å². The summed E-state index contributed by atoms with van der Waals surface area (Å²) in [5, 5.41) is 2.84. The number of ether oxygens (including phenoxy) is 1. The molecule has 2 aromatic carbocycles. The summed E-state index contributed by atoms with van der Waals surface area (Å²) in [6, 6.07) is 14.4. The maximum absolute atomic E-state index is 12.1. The molecule has 0 aromatic heterocycles. The Labute approximate surface area is 124 Å². The first kappa shape index (κ1) is 14.5. The minimum Gasteiger partial charge on any atom is -0.491 e. The van der Waals surface area contributed by atoms with Crippen LogP contribution in [0.1, 0.15) is 24.2 Å². The van der Waals surface area contributed by atoms with Gasteiger partial charge in [-0.1, -0.05) is 6.07 Å². The number of rotatable bonds is 4.